The average molecular weight is 544 g/mol. The zero-order valence-corrected chi connectivity index (χ0v) is 24.7. The molecule has 0 aliphatic heterocycles. The number of hydrogen-bond acceptors (Lipinski definition) is 5. The van der Waals surface area contributed by atoms with Crippen LogP contribution in [0.15, 0.2) is 12.2 Å². The van der Waals surface area contributed by atoms with Gasteiger partial charge in [-0.2, -0.15) is 0 Å². The molecule has 0 unspecified atom stereocenters. The summed E-state index contributed by atoms with van der Waals surface area (Å²) >= 11 is 0. The standard InChI is InChI=1S/C21H39NO6.C9H18O/c1-21(2,3)28-20(27)22(16-12-8-4-6-10-14-18(23)24)17-13-9-5-7-11-15-19(25)26;1-2-3-4-5-6-7-8-9-10/h4-17H2,1-3H3,(H,23,24)(H,25,26);7-8,10H,2-6,9H2,1H3/b;8-7-. The Morgan fingerprint density at radius 1 is 0.684 bits per heavy atom. The molecule has 0 aliphatic carbocycles. The lowest BCUT2D eigenvalue weighted by Crippen LogP contribution is -2.38. The van der Waals surface area contributed by atoms with Crippen molar-refractivity contribution in [2.24, 2.45) is 0 Å². The third-order valence-corrected chi connectivity index (χ3v) is 5.79. The van der Waals surface area contributed by atoms with Gasteiger partial charge in [0.25, 0.3) is 0 Å². The van der Waals surface area contributed by atoms with Crippen molar-refractivity contribution in [1.82, 2.24) is 4.90 Å². The first-order valence-corrected chi connectivity index (χ1v) is 14.7. The molecule has 0 aromatic heterocycles. The SMILES string of the molecule is CC(C)(C)OC(=O)N(CCCCCCCC(=O)O)CCCCCCCC(=O)O.CCCCCC/C=C\CO. The maximum atomic E-state index is 12.4. The summed E-state index contributed by atoms with van der Waals surface area (Å²) in [5.41, 5.74) is -0.525. The fraction of sp³-hybridized carbons (Fsp3) is 0.833. The molecule has 0 rings (SSSR count). The molecule has 8 nitrogen and oxygen atoms in total. The number of hydrogen-bond donors (Lipinski definition) is 3. The van der Waals surface area contributed by atoms with E-state index in [1.807, 2.05) is 26.8 Å². The van der Waals surface area contributed by atoms with Crippen LogP contribution in [0.5, 0.6) is 0 Å². The van der Waals surface area contributed by atoms with Crippen LogP contribution >= 0.6 is 0 Å². The molecule has 3 N–H and O–H groups in total. The van der Waals surface area contributed by atoms with Crippen molar-refractivity contribution in [3.05, 3.63) is 12.2 Å². The van der Waals surface area contributed by atoms with Gasteiger partial charge in [0.05, 0.1) is 6.61 Å². The highest BCUT2D eigenvalue weighted by atomic mass is 16.6. The number of carboxylic acid groups (broad SMARTS) is 2. The number of carbonyl (C=O) groups is 3. The van der Waals surface area contributed by atoms with E-state index in [0.29, 0.717) is 25.9 Å². The first-order chi connectivity index (χ1) is 18.0. The molecule has 8 heteroatoms. The van der Waals surface area contributed by atoms with Gasteiger partial charge in [-0.25, -0.2) is 4.79 Å². The fourth-order valence-corrected chi connectivity index (χ4v) is 3.72. The quantitative estimate of drug-likeness (QED) is 0.0949. The number of ether oxygens (including phenoxy) is 1. The Balaban J connectivity index is 0. The normalized spacial score (nSPS) is 11.2. The first kappa shape index (κ1) is 38.1. The molecular weight excluding hydrogens is 486 g/mol. The van der Waals surface area contributed by atoms with Crippen LogP contribution in [-0.4, -0.2) is 63.5 Å². The van der Waals surface area contributed by atoms with Gasteiger partial charge in [0.1, 0.15) is 5.60 Å². The van der Waals surface area contributed by atoms with Gasteiger partial charge in [0.15, 0.2) is 0 Å². The van der Waals surface area contributed by atoms with Crippen LogP contribution in [0.4, 0.5) is 4.79 Å². The summed E-state index contributed by atoms with van der Waals surface area (Å²) in [5, 5.41) is 25.6. The van der Waals surface area contributed by atoms with E-state index in [9.17, 15) is 14.4 Å². The molecule has 0 heterocycles. The van der Waals surface area contributed by atoms with Gasteiger partial charge in [0.2, 0.25) is 0 Å². The van der Waals surface area contributed by atoms with Crippen LogP contribution in [0.25, 0.3) is 0 Å². The summed E-state index contributed by atoms with van der Waals surface area (Å²) in [6.07, 6.45) is 19.2. The van der Waals surface area contributed by atoms with Crippen LogP contribution in [0.2, 0.25) is 0 Å². The number of carboxylic acids is 2. The second-order valence-corrected chi connectivity index (χ2v) is 10.8. The van der Waals surface area contributed by atoms with Crippen LogP contribution in [0, 0.1) is 0 Å². The molecule has 224 valence electrons. The van der Waals surface area contributed by atoms with Crippen LogP contribution in [0.1, 0.15) is 137 Å². The van der Waals surface area contributed by atoms with Gasteiger partial charge >= 0.3 is 18.0 Å². The van der Waals surface area contributed by atoms with Crippen LogP contribution < -0.4 is 0 Å². The van der Waals surface area contributed by atoms with E-state index < -0.39 is 17.5 Å². The molecule has 0 spiro atoms. The smallest absolute Gasteiger partial charge is 0.410 e. The van der Waals surface area contributed by atoms with Crippen molar-refractivity contribution >= 4 is 18.0 Å². The molecule has 0 aromatic rings. The zero-order chi connectivity index (χ0) is 29.1. The van der Waals surface area contributed by atoms with Crippen molar-refractivity contribution in [2.45, 2.75) is 142 Å². The maximum Gasteiger partial charge on any atom is 0.410 e. The van der Waals surface area contributed by atoms with Crippen molar-refractivity contribution in [3.63, 3.8) is 0 Å². The number of carbonyl (C=O) groups excluding carboxylic acids is 1. The summed E-state index contributed by atoms with van der Waals surface area (Å²) < 4.78 is 5.50. The monoisotopic (exact) mass is 543 g/mol. The number of aliphatic carboxylic acids is 2. The summed E-state index contributed by atoms with van der Waals surface area (Å²) in [7, 11) is 0. The molecule has 0 saturated heterocycles. The van der Waals surface area contributed by atoms with Gasteiger partial charge in [-0.05, 0) is 59.3 Å². The molecule has 0 atom stereocenters. The van der Waals surface area contributed by atoms with Crippen LogP contribution in [0.3, 0.4) is 0 Å². The predicted molar refractivity (Wildman–Crippen MR) is 153 cm³/mol. The number of unbranched alkanes of at least 4 members (excludes halogenated alkanes) is 12. The number of amides is 1. The molecule has 1 amide bonds. The summed E-state index contributed by atoms with van der Waals surface area (Å²) in [5.74, 6) is -1.50. The van der Waals surface area contributed by atoms with Gasteiger partial charge in [-0.1, -0.05) is 76.9 Å². The molecule has 0 aromatic carbocycles. The summed E-state index contributed by atoms with van der Waals surface area (Å²) in [4.78, 5) is 35.2. The Bertz CT molecular complexity index is 586. The number of aliphatic hydroxyl groups is 1. The van der Waals surface area contributed by atoms with E-state index in [4.69, 9.17) is 20.1 Å². The highest BCUT2D eigenvalue weighted by Crippen LogP contribution is 2.14. The molecule has 38 heavy (non-hydrogen) atoms. The van der Waals surface area contributed by atoms with E-state index in [2.05, 4.69) is 13.0 Å². The van der Waals surface area contributed by atoms with Gasteiger partial charge < -0.3 is 25.0 Å². The van der Waals surface area contributed by atoms with Crippen molar-refractivity contribution < 1.29 is 34.4 Å². The molecule has 0 saturated carbocycles. The van der Waals surface area contributed by atoms with E-state index in [0.717, 1.165) is 57.8 Å². The average Bonchev–Trinajstić information content (AvgIpc) is 2.82. The van der Waals surface area contributed by atoms with Gasteiger partial charge in [-0.15, -0.1) is 0 Å². The highest BCUT2D eigenvalue weighted by molar-refractivity contribution is 5.68. The molecular formula is C30H57NO7. The highest BCUT2D eigenvalue weighted by Gasteiger charge is 2.21. The van der Waals surface area contributed by atoms with Crippen molar-refractivity contribution in [2.75, 3.05) is 19.7 Å². The first-order valence-electron chi connectivity index (χ1n) is 14.7. The van der Waals surface area contributed by atoms with E-state index >= 15 is 0 Å². The molecule has 0 fully saturated rings. The fourth-order valence-electron chi connectivity index (χ4n) is 3.72. The Morgan fingerprint density at radius 3 is 1.55 bits per heavy atom. The Labute approximate surface area is 231 Å². The third-order valence-electron chi connectivity index (χ3n) is 5.79. The van der Waals surface area contributed by atoms with Gasteiger partial charge in [-0.3, -0.25) is 9.59 Å². The predicted octanol–water partition coefficient (Wildman–Crippen LogP) is 7.58. The van der Waals surface area contributed by atoms with E-state index in [1.54, 1.807) is 4.90 Å². The van der Waals surface area contributed by atoms with Crippen molar-refractivity contribution in [3.8, 4) is 0 Å². The lowest BCUT2D eigenvalue weighted by Gasteiger charge is -2.27. The largest absolute Gasteiger partial charge is 0.481 e. The minimum absolute atomic E-state index is 0.188. The second-order valence-electron chi connectivity index (χ2n) is 10.8. The number of rotatable bonds is 22. The zero-order valence-electron chi connectivity index (χ0n) is 24.7. The minimum atomic E-state index is -0.751. The number of allylic oxidation sites excluding steroid dienone is 1. The summed E-state index contributed by atoms with van der Waals surface area (Å²) in [6, 6.07) is 0. The molecule has 0 aliphatic rings. The maximum absolute atomic E-state index is 12.4. The lowest BCUT2D eigenvalue weighted by atomic mass is 10.1. The second kappa shape index (κ2) is 26.5. The Kier molecular flexibility index (Phi) is 26.6. The molecule has 0 bridgehead atoms. The number of aliphatic hydroxyl groups excluding tert-OH is 1. The minimum Gasteiger partial charge on any atom is -0.481 e. The van der Waals surface area contributed by atoms with Crippen molar-refractivity contribution in [1.29, 1.82) is 0 Å². The number of nitrogens with zero attached hydrogens (tertiary/aromatic N) is 1. The topological polar surface area (TPSA) is 124 Å². The lowest BCUT2D eigenvalue weighted by molar-refractivity contribution is -0.138. The van der Waals surface area contributed by atoms with E-state index in [1.165, 1.54) is 25.7 Å². The third kappa shape index (κ3) is 31.9. The summed E-state index contributed by atoms with van der Waals surface area (Å²) in [6.45, 7) is 9.26. The molecule has 0 radical (unpaired) electrons. The van der Waals surface area contributed by atoms with Gasteiger partial charge in [0, 0.05) is 25.9 Å². The van der Waals surface area contributed by atoms with Crippen LogP contribution in [-0.2, 0) is 14.3 Å². The Hall–Kier alpha value is -2.09. The van der Waals surface area contributed by atoms with E-state index in [-0.39, 0.29) is 25.5 Å². The Morgan fingerprint density at radius 2 is 1.13 bits per heavy atom.